The van der Waals surface area contributed by atoms with Gasteiger partial charge in [-0.05, 0) is 31.5 Å². The Balaban J connectivity index is 1.77. The van der Waals surface area contributed by atoms with Crippen LogP contribution in [0.5, 0.6) is 5.88 Å². The van der Waals surface area contributed by atoms with Crippen molar-refractivity contribution in [2.45, 2.75) is 31.9 Å². The zero-order chi connectivity index (χ0) is 11.9. The van der Waals surface area contributed by atoms with Crippen LogP contribution in [0, 0.1) is 0 Å². The van der Waals surface area contributed by atoms with Crippen molar-refractivity contribution in [1.29, 1.82) is 0 Å². The predicted octanol–water partition coefficient (Wildman–Crippen LogP) is 1.75. The molecule has 4 nitrogen and oxygen atoms in total. The fourth-order valence-corrected chi connectivity index (χ4v) is 2.10. The molecule has 2 rings (SSSR count). The number of ether oxygens (including phenoxy) is 2. The number of nitrogens with one attached hydrogen (secondary N) is 1. The third-order valence-corrected chi connectivity index (χ3v) is 3.03. The van der Waals surface area contributed by atoms with Crippen LogP contribution in [0.2, 0.25) is 0 Å². The summed E-state index contributed by atoms with van der Waals surface area (Å²) in [6, 6.07) is 4.40. The second-order valence-electron chi connectivity index (χ2n) is 4.33. The van der Waals surface area contributed by atoms with E-state index in [-0.39, 0.29) is 0 Å². The molecule has 1 aliphatic rings. The van der Waals surface area contributed by atoms with Crippen LogP contribution in [0.3, 0.4) is 0 Å². The standard InChI is InChI=1S/C13H20N2O2/c1-16-13-11(5-4-8-15-13)9-17-10-12-6-2-3-7-14-12/h4-5,8,12,14H,2-3,6-7,9-10H2,1H3. The molecule has 0 aliphatic carbocycles. The van der Waals surface area contributed by atoms with Crippen LogP contribution >= 0.6 is 0 Å². The highest BCUT2D eigenvalue weighted by atomic mass is 16.5. The van der Waals surface area contributed by atoms with E-state index in [1.807, 2.05) is 12.1 Å². The Hall–Kier alpha value is -1.13. The van der Waals surface area contributed by atoms with Crippen molar-refractivity contribution >= 4 is 0 Å². The molecule has 1 unspecified atom stereocenters. The first-order valence-corrected chi connectivity index (χ1v) is 6.19. The SMILES string of the molecule is COc1ncccc1COCC1CCCCN1. The van der Waals surface area contributed by atoms with Crippen molar-refractivity contribution in [2.24, 2.45) is 0 Å². The predicted molar refractivity (Wildman–Crippen MR) is 66.1 cm³/mol. The van der Waals surface area contributed by atoms with Gasteiger partial charge in [-0.2, -0.15) is 0 Å². The molecule has 1 aromatic rings. The van der Waals surface area contributed by atoms with E-state index in [0.717, 1.165) is 18.7 Å². The summed E-state index contributed by atoms with van der Waals surface area (Å²) in [5.41, 5.74) is 1.01. The molecule has 1 aliphatic heterocycles. The van der Waals surface area contributed by atoms with Crippen molar-refractivity contribution in [3.8, 4) is 5.88 Å². The summed E-state index contributed by atoms with van der Waals surface area (Å²) in [5, 5.41) is 3.46. The second-order valence-corrected chi connectivity index (χ2v) is 4.33. The maximum Gasteiger partial charge on any atom is 0.218 e. The summed E-state index contributed by atoms with van der Waals surface area (Å²) in [6.45, 7) is 2.44. The number of aromatic nitrogens is 1. The van der Waals surface area contributed by atoms with Crippen molar-refractivity contribution < 1.29 is 9.47 Å². The van der Waals surface area contributed by atoms with Gasteiger partial charge in [-0.15, -0.1) is 0 Å². The highest BCUT2D eigenvalue weighted by Gasteiger charge is 2.12. The smallest absolute Gasteiger partial charge is 0.218 e. The molecule has 0 radical (unpaired) electrons. The molecule has 0 aromatic carbocycles. The molecule has 1 saturated heterocycles. The lowest BCUT2D eigenvalue weighted by atomic mass is 10.1. The molecule has 0 saturated carbocycles. The molecule has 0 spiro atoms. The van der Waals surface area contributed by atoms with Crippen LogP contribution in [0.15, 0.2) is 18.3 Å². The number of piperidine rings is 1. The van der Waals surface area contributed by atoms with Crippen molar-refractivity contribution in [3.63, 3.8) is 0 Å². The molecule has 1 aromatic heterocycles. The van der Waals surface area contributed by atoms with E-state index in [0.29, 0.717) is 18.5 Å². The lowest BCUT2D eigenvalue weighted by molar-refractivity contribution is 0.0894. The lowest BCUT2D eigenvalue weighted by Crippen LogP contribution is -2.37. The second kappa shape index (κ2) is 6.57. The van der Waals surface area contributed by atoms with Crippen LogP contribution in [-0.2, 0) is 11.3 Å². The van der Waals surface area contributed by atoms with Gasteiger partial charge in [0, 0.05) is 17.8 Å². The van der Waals surface area contributed by atoms with E-state index >= 15 is 0 Å². The maximum atomic E-state index is 5.72. The van der Waals surface area contributed by atoms with Crippen LogP contribution < -0.4 is 10.1 Å². The number of hydrogen-bond acceptors (Lipinski definition) is 4. The van der Waals surface area contributed by atoms with Gasteiger partial charge in [-0.25, -0.2) is 4.98 Å². The fraction of sp³-hybridized carbons (Fsp3) is 0.615. The Morgan fingerprint density at radius 1 is 1.47 bits per heavy atom. The molecule has 0 amide bonds. The van der Waals surface area contributed by atoms with E-state index in [9.17, 15) is 0 Å². The number of nitrogens with zero attached hydrogens (tertiary/aromatic N) is 1. The van der Waals surface area contributed by atoms with Gasteiger partial charge in [0.15, 0.2) is 0 Å². The minimum Gasteiger partial charge on any atom is -0.481 e. The van der Waals surface area contributed by atoms with E-state index in [1.165, 1.54) is 19.3 Å². The first-order chi connectivity index (χ1) is 8.40. The summed E-state index contributed by atoms with van der Waals surface area (Å²) in [7, 11) is 1.63. The molecular weight excluding hydrogens is 216 g/mol. The molecule has 0 bridgehead atoms. The van der Waals surface area contributed by atoms with Gasteiger partial charge < -0.3 is 14.8 Å². The molecule has 2 heterocycles. The minimum atomic E-state index is 0.506. The van der Waals surface area contributed by atoms with Gasteiger partial charge >= 0.3 is 0 Å². The third kappa shape index (κ3) is 3.68. The molecule has 17 heavy (non-hydrogen) atoms. The molecule has 1 fully saturated rings. The van der Waals surface area contributed by atoms with E-state index < -0.39 is 0 Å². The van der Waals surface area contributed by atoms with Crippen LogP contribution in [-0.4, -0.2) is 31.3 Å². The average molecular weight is 236 g/mol. The topological polar surface area (TPSA) is 43.4 Å². The van der Waals surface area contributed by atoms with E-state index in [1.54, 1.807) is 13.3 Å². The number of methoxy groups -OCH3 is 1. The fourth-order valence-electron chi connectivity index (χ4n) is 2.10. The van der Waals surface area contributed by atoms with Crippen LogP contribution in [0.25, 0.3) is 0 Å². The molecule has 4 heteroatoms. The van der Waals surface area contributed by atoms with Crippen molar-refractivity contribution in [3.05, 3.63) is 23.9 Å². The van der Waals surface area contributed by atoms with Gasteiger partial charge in [-0.3, -0.25) is 0 Å². The van der Waals surface area contributed by atoms with Gasteiger partial charge in [0.05, 0.1) is 20.3 Å². The maximum absolute atomic E-state index is 5.72. The monoisotopic (exact) mass is 236 g/mol. The van der Waals surface area contributed by atoms with E-state index in [2.05, 4.69) is 10.3 Å². The normalized spacial score (nSPS) is 20.2. The number of rotatable bonds is 5. The van der Waals surface area contributed by atoms with Crippen molar-refractivity contribution in [1.82, 2.24) is 10.3 Å². The van der Waals surface area contributed by atoms with Gasteiger partial charge in [0.25, 0.3) is 0 Å². The Morgan fingerprint density at radius 3 is 3.18 bits per heavy atom. The quantitative estimate of drug-likeness (QED) is 0.846. The first-order valence-electron chi connectivity index (χ1n) is 6.19. The molecule has 94 valence electrons. The Kier molecular flexibility index (Phi) is 4.76. The minimum absolute atomic E-state index is 0.506. The highest BCUT2D eigenvalue weighted by Crippen LogP contribution is 2.15. The van der Waals surface area contributed by atoms with Gasteiger partial charge in [0.2, 0.25) is 5.88 Å². The Labute approximate surface area is 102 Å². The summed E-state index contributed by atoms with van der Waals surface area (Å²) >= 11 is 0. The average Bonchev–Trinajstić information content (AvgIpc) is 2.40. The van der Waals surface area contributed by atoms with Crippen molar-refractivity contribution in [2.75, 3.05) is 20.3 Å². The molecule has 1 atom stereocenters. The lowest BCUT2D eigenvalue weighted by Gasteiger charge is -2.23. The Bertz CT molecular complexity index is 338. The summed E-state index contributed by atoms with van der Waals surface area (Å²) in [5.74, 6) is 0.657. The Morgan fingerprint density at radius 2 is 2.41 bits per heavy atom. The highest BCUT2D eigenvalue weighted by molar-refractivity contribution is 5.24. The van der Waals surface area contributed by atoms with Gasteiger partial charge in [-0.1, -0.05) is 6.42 Å². The van der Waals surface area contributed by atoms with E-state index in [4.69, 9.17) is 9.47 Å². The van der Waals surface area contributed by atoms with Crippen LogP contribution in [0.1, 0.15) is 24.8 Å². The zero-order valence-electron chi connectivity index (χ0n) is 10.3. The summed E-state index contributed by atoms with van der Waals surface area (Å²) < 4.78 is 10.9. The number of pyridine rings is 1. The van der Waals surface area contributed by atoms with Gasteiger partial charge in [0.1, 0.15) is 0 Å². The third-order valence-electron chi connectivity index (χ3n) is 3.03. The summed E-state index contributed by atoms with van der Waals surface area (Å²) in [4.78, 5) is 4.14. The first kappa shape index (κ1) is 12.3. The van der Waals surface area contributed by atoms with Crippen LogP contribution in [0.4, 0.5) is 0 Å². The number of hydrogen-bond donors (Lipinski definition) is 1. The largest absolute Gasteiger partial charge is 0.481 e. The molecule has 1 N–H and O–H groups in total. The molecular formula is C13H20N2O2. The summed E-state index contributed by atoms with van der Waals surface area (Å²) in [6.07, 6.45) is 5.53. The zero-order valence-corrected chi connectivity index (χ0v) is 10.3.